The van der Waals surface area contributed by atoms with Crippen LogP contribution in [-0.2, 0) is 0 Å². The Morgan fingerprint density at radius 3 is 2.97 bits per heavy atom. The summed E-state index contributed by atoms with van der Waals surface area (Å²) in [6.45, 7) is 2.31. The molecule has 3 aromatic rings. The molecule has 0 radical (unpaired) electrons. The van der Waals surface area contributed by atoms with Gasteiger partial charge in [-0.05, 0) is 35.9 Å². The smallest absolute Gasteiger partial charge is 0.263 e. The molecular formula is C20H21ClN6O2S. The Balaban J connectivity index is 1.77. The standard InChI is InChI=1S/C20H21ClN6O2S/c1-3-14(27-20(21)22-2)26-15-7-4-11-12(25-15)5-6-13-16(11)17-18(30-13)19(29)24-10(9-28)8-23-17/h4-7,10,23,28H,3,8-9H2,1-2H3,(H,24,29)(H,22,25,26,27)/t10-/m0/s1. The van der Waals surface area contributed by atoms with Crippen LogP contribution in [-0.4, -0.2) is 53.4 Å². The Morgan fingerprint density at radius 2 is 2.23 bits per heavy atom. The monoisotopic (exact) mass is 444 g/mol. The summed E-state index contributed by atoms with van der Waals surface area (Å²) in [5, 5.41) is 20.9. The molecule has 8 nitrogen and oxygen atoms in total. The van der Waals surface area contributed by atoms with E-state index in [4.69, 9.17) is 16.6 Å². The van der Waals surface area contributed by atoms with Gasteiger partial charge in [-0.1, -0.05) is 6.92 Å². The molecule has 4 N–H and O–H groups in total. The van der Waals surface area contributed by atoms with Crippen molar-refractivity contribution < 1.29 is 9.90 Å². The fraction of sp³-hybridized carbons (Fsp3) is 0.300. The van der Waals surface area contributed by atoms with Gasteiger partial charge in [-0.2, -0.15) is 0 Å². The summed E-state index contributed by atoms with van der Waals surface area (Å²) in [6.07, 6.45) is 0.646. The number of benzene rings is 1. The zero-order valence-corrected chi connectivity index (χ0v) is 18.1. The number of amidine groups is 2. The van der Waals surface area contributed by atoms with Crippen molar-refractivity contribution >= 4 is 72.5 Å². The van der Waals surface area contributed by atoms with Crippen molar-refractivity contribution in [3.63, 3.8) is 0 Å². The minimum atomic E-state index is -0.318. The van der Waals surface area contributed by atoms with E-state index in [9.17, 15) is 9.90 Å². The van der Waals surface area contributed by atoms with E-state index in [1.807, 2.05) is 31.2 Å². The van der Waals surface area contributed by atoms with Gasteiger partial charge < -0.3 is 21.1 Å². The maximum absolute atomic E-state index is 12.6. The van der Waals surface area contributed by atoms with Crippen LogP contribution in [0.1, 0.15) is 23.0 Å². The van der Waals surface area contributed by atoms with Gasteiger partial charge in [0.05, 0.1) is 23.9 Å². The number of aliphatic hydroxyl groups excluding tert-OH is 1. The number of aromatic nitrogens is 1. The molecule has 156 valence electrons. The van der Waals surface area contributed by atoms with Gasteiger partial charge in [0.15, 0.2) is 0 Å². The number of rotatable bonds is 3. The molecule has 0 spiro atoms. The van der Waals surface area contributed by atoms with Crippen molar-refractivity contribution in [2.45, 2.75) is 19.4 Å². The Morgan fingerprint density at radius 1 is 1.40 bits per heavy atom. The van der Waals surface area contributed by atoms with Crippen molar-refractivity contribution in [2.75, 3.05) is 30.8 Å². The van der Waals surface area contributed by atoms with Crippen molar-refractivity contribution in [3.8, 4) is 0 Å². The van der Waals surface area contributed by atoms with Crippen LogP contribution in [0.5, 0.6) is 0 Å². The fourth-order valence-corrected chi connectivity index (χ4v) is 4.54. The van der Waals surface area contributed by atoms with Crippen LogP contribution in [0.15, 0.2) is 34.3 Å². The molecule has 30 heavy (non-hydrogen) atoms. The van der Waals surface area contributed by atoms with Gasteiger partial charge in [0.25, 0.3) is 5.91 Å². The summed E-state index contributed by atoms with van der Waals surface area (Å²) in [5.74, 6) is 1.14. The predicted molar refractivity (Wildman–Crippen MR) is 125 cm³/mol. The summed E-state index contributed by atoms with van der Waals surface area (Å²) in [6, 6.07) is 7.46. The van der Waals surface area contributed by atoms with Crippen LogP contribution in [0.2, 0.25) is 0 Å². The Hall–Kier alpha value is -2.75. The molecule has 3 heterocycles. The second-order valence-electron chi connectivity index (χ2n) is 6.77. The van der Waals surface area contributed by atoms with Crippen LogP contribution in [0.3, 0.4) is 0 Å². The third-order valence-corrected chi connectivity index (χ3v) is 6.24. The molecule has 1 aliphatic heterocycles. The van der Waals surface area contributed by atoms with Crippen molar-refractivity contribution in [2.24, 2.45) is 9.98 Å². The number of nitrogens with zero attached hydrogens (tertiary/aromatic N) is 3. The summed E-state index contributed by atoms with van der Waals surface area (Å²) in [7, 11) is 1.58. The topological polar surface area (TPSA) is 111 Å². The van der Waals surface area contributed by atoms with Crippen LogP contribution < -0.4 is 16.0 Å². The number of aliphatic imine (C=N–C) groups is 2. The molecule has 2 aromatic heterocycles. The molecule has 1 aromatic carbocycles. The van der Waals surface area contributed by atoms with Crippen molar-refractivity contribution in [3.05, 3.63) is 29.1 Å². The number of amides is 1. The van der Waals surface area contributed by atoms with Crippen molar-refractivity contribution in [1.82, 2.24) is 10.3 Å². The van der Waals surface area contributed by atoms with E-state index in [0.29, 0.717) is 29.5 Å². The van der Waals surface area contributed by atoms with E-state index in [2.05, 4.69) is 25.9 Å². The summed E-state index contributed by atoms with van der Waals surface area (Å²) < 4.78 is 1.00. The number of thiophene rings is 1. The Kier molecular flexibility index (Phi) is 5.85. The van der Waals surface area contributed by atoms with Gasteiger partial charge in [-0.15, -0.1) is 11.3 Å². The number of carbonyl (C=O) groups is 1. The predicted octanol–water partition coefficient (Wildman–Crippen LogP) is 3.41. The lowest BCUT2D eigenvalue weighted by Crippen LogP contribution is -2.39. The largest absolute Gasteiger partial charge is 0.394 e. The molecular weight excluding hydrogens is 424 g/mol. The minimum absolute atomic E-state index is 0.114. The first kappa shape index (κ1) is 20.5. The highest BCUT2D eigenvalue weighted by atomic mass is 35.5. The Bertz CT molecular complexity index is 1190. The molecule has 1 amide bonds. The first-order chi connectivity index (χ1) is 14.5. The molecule has 0 aliphatic carbocycles. The number of fused-ring (bicyclic) bond motifs is 5. The van der Waals surface area contributed by atoms with Gasteiger partial charge >= 0.3 is 0 Å². The molecule has 1 atom stereocenters. The maximum Gasteiger partial charge on any atom is 0.263 e. The summed E-state index contributed by atoms with van der Waals surface area (Å²) in [4.78, 5) is 26.0. The van der Waals surface area contributed by atoms with E-state index in [-0.39, 0.29) is 23.9 Å². The van der Waals surface area contributed by atoms with Gasteiger partial charge in [-0.25, -0.2) is 9.98 Å². The highest BCUT2D eigenvalue weighted by molar-refractivity contribution is 7.21. The maximum atomic E-state index is 12.6. The number of carbonyl (C=O) groups excluding carboxylic acids is 1. The van der Waals surface area contributed by atoms with E-state index in [0.717, 1.165) is 26.7 Å². The first-order valence-corrected chi connectivity index (χ1v) is 10.7. The SMILES string of the molecule is CC/C(=N\C(Cl)=N/C)Nc1ccc2c(ccc3sc4c(c32)NC[C@@H](CO)NC4=O)n1. The molecule has 0 bridgehead atoms. The molecule has 1 aliphatic rings. The lowest BCUT2D eigenvalue weighted by Gasteiger charge is -2.13. The minimum Gasteiger partial charge on any atom is -0.394 e. The van der Waals surface area contributed by atoms with E-state index in [1.165, 1.54) is 11.3 Å². The second-order valence-corrected chi connectivity index (χ2v) is 8.16. The van der Waals surface area contributed by atoms with Gasteiger partial charge in [0, 0.05) is 35.5 Å². The zero-order valence-electron chi connectivity index (χ0n) is 16.5. The van der Waals surface area contributed by atoms with Gasteiger partial charge in [0.1, 0.15) is 16.5 Å². The second kappa shape index (κ2) is 8.55. The van der Waals surface area contributed by atoms with Gasteiger partial charge in [-0.3, -0.25) is 9.79 Å². The third-order valence-electron chi connectivity index (χ3n) is 4.83. The van der Waals surface area contributed by atoms with Crippen molar-refractivity contribution in [1.29, 1.82) is 0 Å². The van der Waals surface area contributed by atoms with E-state index in [1.54, 1.807) is 7.05 Å². The third kappa shape index (κ3) is 3.83. The summed E-state index contributed by atoms with van der Waals surface area (Å²) >= 11 is 7.34. The number of pyridine rings is 1. The first-order valence-electron chi connectivity index (χ1n) is 9.52. The number of hydrogen-bond acceptors (Lipinski definition) is 6. The lowest BCUT2D eigenvalue weighted by atomic mass is 10.1. The molecule has 4 rings (SSSR count). The number of aliphatic hydroxyl groups is 1. The van der Waals surface area contributed by atoms with E-state index >= 15 is 0 Å². The van der Waals surface area contributed by atoms with Crippen LogP contribution in [0.4, 0.5) is 11.5 Å². The van der Waals surface area contributed by atoms with Crippen LogP contribution >= 0.6 is 22.9 Å². The average Bonchev–Trinajstić information content (AvgIpc) is 3.07. The molecule has 10 heteroatoms. The quantitative estimate of drug-likeness (QED) is 0.281. The highest BCUT2D eigenvalue weighted by Crippen LogP contribution is 2.41. The van der Waals surface area contributed by atoms with E-state index < -0.39 is 0 Å². The molecule has 0 fully saturated rings. The Labute approximate surface area is 182 Å². The zero-order chi connectivity index (χ0) is 21.3. The molecule has 0 unspecified atom stereocenters. The normalized spacial score (nSPS) is 17.5. The van der Waals surface area contributed by atoms with Gasteiger partial charge in [0.2, 0.25) is 5.29 Å². The lowest BCUT2D eigenvalue weighted by molar-refractivity contribution is 0.0928. The highest BCUT2D eigenvalue weighted by Gasteiger charge is 2.26. The number of anilines is 2. The number of nitrogens with one attached hydrogen (secondary N) is 3. The fourth-order valence-electron chi connectivity index (χ4n) is 3.34. The molecule has 0 saturated carbocycles. The van der Waals surface area contributed by atoms with Crippen LogP contribution in [0, 0.1) is 0 Å². The molecule has 0 saturated heterocycles. The van der Waals surface area contributed by atoms with Crippen LogP contribution in [0.25, 0.3) is 21.0 Å². The summed E-state index contributed by atoms with van der Waals surface area (Å²) in [5.41, 5.74) is 1.59. The average molecular weight is 445 g/mol. The number of hydrogen-bond donors (Lipinski definition) is 4. The number of halogens is 1.